The minimum atomic E-state index is -2.95. The van der Waals surface area contributed by atoms with Crippen LogP contribution in [-0.4, -0.2) is 32.5 Å². The number of amides is 2. The molecule has 2 aromatic heterocycles. The predicted octanol–water partition coefficient (Wildman–Crippen LogP) is 3.70. The van der Waals surface area contributed by atoms with E-state index in [-0.39, 0.29) is 60.9 Å². The summed E-state index contributed by atoms with van der Waals surface area (Å²) in [6, 6.07) is 2.60. The van der Waals surface area contributed by atoms with Crippen molar-refractivity contribution >= 4 is 17.5 Å². The summed E-state index contributed by atoms with van der Waals surface area (Å²) in [5.41, 5.74) is 4.34. The Morgan fingerprint density at radius 1 is 1.33 bits per heavy atom. The molecule has 0 radical (unpaired) electrons. The van der Waals surface area contributed by atoms with Crippen molar-refractivity contribution in [1.29, 1.82) is 0 Å². The second kappa shape index (κ2) is 8.41. The Labute approximate surface area is 169 Å². The number of aryl methyl sites for hydroxylation is 1. The molecule has 162 valence electrons. The molecule has 3 rings (SSSR count). The molecule has 1 aliphatic carbocycles. The van der Waals surface area contributed by atoms with E-state index in [0.717, 1.165) is 4.68 Å². The number of rotatable bonds is 6. The van der Waals surface area contributed by atoms with Crippen molar-refractivity contribution in [1.82, 2.24) is 14.8 Å². The SMILES string of the molecule is Cc1nn(CC2CCC(F)(F)CC2)c(C(=O)Nc2ccnc(C(N)=O)c2)c1C(F)F. The number of pyridine rings is 1. The molecule has 1 saturated carbocycles. The Morgan fingerprint density at radius 2 is 2.00 bits per heavy atom. The van der Waals surface area contributed by atoms with Crippen LogP contribution in [0.25, 0.3) is 0 Å². The van der Waals surface area contributed by atoms with Gasteiger partial charge >= 0.3 is 0 Å². The van der Waals surface area contributed by atoms with E-state index in [1.807, 2.05) is 0 Å². The van der Waals surface area contributed by atoms with Gasteiger partial charge in [0, 0.05) is 31.3 Å². The Morgan fingerprint density at radius 3 is 2.60 bits per heavy atom. The van der Waals surface area contributed by atoms with Crippen LogP contribution in [-0.2, 0) is 6.54 Å². The maximum absolute atomic E-state index is 13.6. The Bertz CT molecular complexity index is 950. The Hall–Kier alpha value is -2.98. The van der Waals surface area contributed by atoms with Crippen LogP contribution in [0.1, 0.15) is 64.3 Å². The summed E-state index contributed by atoms with van der Waals surface area (Å²) in [6.07, 6.45) is -1.85. The lowest BCUT2D eigenvalue weighted by Crippen LogP contribution is -2.28. The van der Waals surface area contributed by atoms with Gasteiger partial charge < -0.3 is 11.1 Å². The van der Waals surface area contributed by atoms with Crippen LogP contribution in [0, 0.1) is 12.8 Å². The first-order chi connectivity index (χ1) is 14.1. The molecule has 30 heavy (non-hydrogen) atoms. The molecule has 2 aromatic rings. The molecule has 3 N–H and O–H groups in total. The topological polar surface area (TPSA) is 103 Å². The van der Waals surface area contributed by atoms with Gasteiger partial charge in [-0.1, -0.05) is 0 Å². The van der Waals surface area contributed by atoms with Crippen molar-refractivity contribution in [2.75, 3.05) is 5.32 Å². The Kier molecular flexibility index (Phi) is 6.09. The summed E-state index contributed by atoms with van der Waals surface area (Å²) in [5.74, 6) is -4.59. The van der Waals surface area contributed by atoms with Crippen LogP contribution >= 0.6 is 0 Å². The van der Waals surface area contributed by atoms with Gasteiger partial charge in [0.25, 0.3) is 18.2 Å². The third-order valence-corrected chi connectivity index (χ3v) is 5.15. The third-order valence-electron chi connectivity index (χ3n) is 5.15. The first-order valence-corrected chi connectivity index (χ1v) is 9.38. The molecule has 0 spiro atoms. The summed E-state index contributed by atoms with van der Waals surface area (Å²) in [7, 11) is 0. The van der Waals surface area contributed by atoms with Gasteiger partial charge in [-0.15, -0.1) is 0 Å². The first-order valence-electron chi connectivity index (χ1n) is 9.38. The predicted molar refractivity (Wildman–Crippen MR) is 99.5 cm³/mol. The van der Waals surface area contributed by atoms with Crippen LogP contribution in [0.15, 0.2) is 18.3 Å². The number of nitrogens with two attached hydrogens (primary N) is 1. The van der Waals surface area contributed by atoms with Gasteiger partial charge in [-0.3, -0.25) is 19.3 Å². The standard InChI is InChI=1S/C19H21F4N5O2/c1-10-14(16(20)21)15(18(30)26-12-4-7-25-13(8-12)17(24)29)28(27-10)9-11-2-5-19(22,23)6-3-11/h4,7-8,11,16H,2-3,5-6,9H2,1H3,(H2,24,29)(H,25,26,30). The molecule has 1 aliphatic rings. The van der Waals surface area contributed by atoms with E-state index < -0.39 is 29.7 Å². The Balaban J connectivity index is 1.87. The number of aromatic nitrogens is 3. The van der Waals surface area contributed by atoms with E-state index in [1.165, 1.54) is 25.3 Å². The van der Waals surface area contributed by atoms with Gasteiger partial charge in [0.15, 0.2) is 0 Å². The van der Waals surface area contributed by atoms with E-state index in [0.29, 0.717) is 0 Å². The fourth-order valence-electron chi connectivity index (χ4n) is 3.59. The number of carbonyl (C=O) groups is 2. The summed E-state index contributed by atoms with van der Waals surface area (Å²) in [5, 5.41) is 6.52. The van der Waals surface area contributed by atoms with Gasteiger partial charge in [-0.05, 0) is 37.8 Å². The maximum atomic E-state index is 13.6. The summed E-state index contributed by atoms with van der Waals surface area (Å²) in [4.78, 5) is 27.8. The van der Waals surface area contributed by atoms with Crippen molar-refractivity contribution in [2.45, 2.75) is 51.5 Å². The molecule has 0 unspecified atom stereocenters. The summed E-state index contributed by atoms with van der Waals surface area (Å²) < 4.78 is 55.3. The number of halogens is 4. The van der Waals surface area contributed by atoms with Gasteiger partial charge in [-0.25, -0.2) is 17.6 Å². The molecule has 11 heteroatoms. The number of anilines is 1. The lowest BCUT2D eigenvalue weighted by molar-refractivity contribution is -0.0477. The van der Waals surface area contributed by atoms with Gasteiger partial charge in [0.2, 0.25) is 5.92 Å². The first kappa shape index (κ1) is 21.7. The lowest BCUT2D eigenvalue weighted by Gasteiger charge is -2.28. The lowest BCUT2D eigenvalue weighted by atomic mass is 9.87. The molecule has 2 amide bonds. The average molecular weight is 427 g/mol. The van der Waals surface area contributed by atoms with Gasteiger partial charge in [0.1, 0.15) is 11.4 Å². The second-order valence-electron chi connectivity index (χ2n) is 7.38. The van der Waals surface area contributed by atoms with E-state index >= 15 is 0 Å². The highest BCUT2D eigenvalue weighted by atomic mass is 19.3. The van der Waals surface area contributed by atoms with Crippen LogP contribution in [0.4, 0.5) is 23.2 Å². The summed E-state index contributed by atoms with van der Waals surface area (Å²) >= 11 is 0. The maximum Gasteiger partial charge on any atom is 0.274 e. The highest BCUT2D eigenvalue weighted by Crippen LogP contribution is 2.37. The quantitative estimate of drug-likeness (QED) is 0.686. The zero-order chi connectivity index (χ0) is 22.1. The normalized spacial score (nSPS) is 16.6. The van der Waals surface area contributed by atoms with Crippen molar-refractivity contribution in [3.8, 4) is 0 Å². The molecular formula is C19H21F4N5O2. The number of nitrogens with one attached hydrogen (secondary N) is 1. The van der Waals surface area contributed by atoms with Crippen LogP contribution < -0.4 is 11.1 Å². The number of carbonyl (C=O) groups excluding carboxylic acids is 2. The van der Waals surface area contributed by atoms with E-state index in [9.17, 15) is 27.2 Å². The molecule has 0 atom stereocenters. The van der Waals surface area contributed by atoms with E-state index in [2.05, 4.69) is 15.4 Å². The molecule has 0 saturated heterocycles. The number of primary amides is 1. The van der Waals surface area contributed by atoms with E-state index in [1.54, 1.807) is 0 Å². The van der Waals surface area contributed by atoms with Gasteiger partial charge in [-0.2, -0.15) is 5.10 Å². The zero-order valence-electron chi connectivity index (χ0n) is 16.2. The number of hydrogen-bond acceptors (Lipinski definition) is 4. The fraction of sp³-hybridized carbons (Fsp3) is 0.474. The third kappa shape index (κ3) is 4.77. The van der Waals surface area contributed by atoms with Crippen molar-refractivity contribution < 1.29 is 27.2 Å². The molecule has 1 fully saturated rings. The average Bonchev–Trinajstić information content (AvgIpc) is 2.99. The molecule has 0 aliphatic heterocycles. The van der Waals surface area contributed by atoms with Crippen LogP contribution in [0.3, 0.4) is 0 Å². The largest absolute Gasteiger partial charge is 0.364 e. The second-order valence-corrected chi connectivity index (χ2v) is 7.38. The number of nitrogens with zero attached hydrogens (tertiary/aromatic N) is 3. The van der Waals surface area contributed by atoms with Crippen molar-refractivity contribution in [3.63, 3.8) is 0 Å². The highest BCUT2D eigenvalue weighted by molar-refractivity contribution is 6.05. The molecule has 7 nitrogen and oxygen atoms in total. The minimum absolute atomic E-state index is 0.0103. The molecular weight excluding hydrogens is 406 g/mol. The molecule has 0 bridgehead atoms. The van der Waals surface area contributed by atoms with Gasteiger partial charge in [0.05, 0.1) is 11.3 Å². The highest BCUT2D eigenvalue weighted by Gasteiger charge is 2.36. The monoisotopic (exact) mass is 427 g/mol. The van der Waals surface area contributed by atoms with E-state index in [4.69, 9.17) is 5.73 Å². The zero-order valence-corrected chi connectivity index (χ0v) is 16.2. The fourth-order valence-corrected chi connectivity index (χ4v) is 3.59. The molecule has 2 heterocycles. The molecule has 0 aromatic carbocycles. The number of hydrogen-bond donors (Lipinski definition) is 2. The van der Waals surface area contributed by atoms with Crippen molar-refractivity contribution in [2.24, 2.45) is 11.7 Å². The van der Waals surface area contributed by atoms with Crippen LogP contribution in [0.2, 0.25) is 0 Å². The smallest absolute Gasteiger partial charge is 0.274 e. The van der Waals surface area contributed by atoms with Crippen LogP contribution in [0.5, 0.6) is 0 Å². The summed E-state index contributed by atoms with van der Waals surface area (Å²) in [6.45, 7) is 1.44. The minimum Gasteiger partial charge on any atom is -0.364 e. The number of alkyl halides is 4. The van der Waals surface area contributed by atoms with Crippen molar-refractivity contribution in [3.05, 3.63) is 41.0 Å².